The number of carboxylic acids is 2. The smallest absolute Gasteiger partial charge is 0.317 e. The van der Waals surface area contributed by atoms with Crippen LogP contribution in [0.15, 0.2) is 85.5 Å². The fourth-order valence-corrected chi connectivity index (χ4v) is 6.05. The Bertz CT molecular complexity index is 1600. The number of amides is 1. The number of halogens is 1. The van der Waals surface area contributed by atoms with Crippen molar-refractivity contribution in [2.75, 3.05) is 4.90 Å². The van der Waals surface area contributed by atoms with Gasteiger partial charge in [-0.2, -0.15) is 5.10 Å². The number of benzene rings is 3. The molecule has 1 amide bonds. The van der Waals surface area contributed by atoms with Gasteiger partial charge in [0.25, 0.3) is 0 Å². The third-order valence-electron chi connectivity index (χ3n) is 8.63. The van der Waals surface area contributed by atoms with Crippen molar-refractivity contribution < 1.29 is 34.1 Å². The Morgan fingerprint density at radius 3 is 2.09 bits per heavy atom. The number of aliphatic carboxylic acids is 2. The maximum atomic E-state index is 13.6. The molecule has 1 aromatic heterocycles. The minimum Gasteiger partial charge on any atom is -0.481 e. The first-order chi connectivity index (χ1) is 22.2. The number of carbonyl (C=O) groups is 3. The molecule has 1 aliphatic heterocycles. The molecule has 3 aromatic carbocycles. The Labute approximate surface area is 266 Å². The second kappa shape index (κ2) is 14.9. The number of nitrogens with zero attached hydrogens (tertiary/aromatic N) is 4. The normalized spacial score (nSPS) is 16.8. The second-order valence-electron chi connectivity index (χ2n) is 11.7. The molecule has 0 unspecified atom stereocenters. The average Bonchev–Trinajstić information content (AvgIpc) is 3.56. The van der Waals surface area contributed by atoms with Crippen molar-refractivity contribution in [3.05, 3.63) is 114 Å². The Balaban J connectivity index is 1.28. The Kier molecular flexibility index (Phi) is 10.5. The minimum absolute atomic E-state index is 0.0340. The van der Waals surface area contributed by atoms with Crippen LogP contribution in [0.3, 0.4) is 0 Å². The van der Waals surface area contributed by atoms with Gasteiger partial charge in [-0.15, -0.1) is 0 Å². The zero-order valence-electron chi connectivity index (χ0n) is 25.3. The molecule has 0 saturated carbocycles. The SMILES string of the molecule is O=C(O)C(CCCc1ccc([C@@H]2[C@@H](CC[C@H](O)c3ccc(F)cc3)C(=O)N2c2ccc(CCCn3cncn3)cc2)cc1)C(=O)O. The lowest BCUT2D eigenvalue weighted by Crippen LogP contribution is -2.55. The number of aliphatic hydroxyl groups excluding tert-OH is 1. The molecule has 4 aromatic rings. The summed E-state index contributed by atoms with van der Waals surface area (Å²) in [5, 5.41) is 33.2. The van der Waals surface area contributed by atoms with Crippen LogP contribution in [0, 0.1) is 17.7 Å². The van der Waals surface area contributed by atoms with E-state index in [4.69, 9.17) is 10.2 Å². The molecule has 1 saturated heterocycles. The van der Waals surface area contributed by atoms with Crippen LogP contribution in [0.5, 0.6) is 0 Å². The van der Waals surface area contributed by atoms with Crippen molar-refractivity contribution in [2.24, 2.45) is 11.8 Å². The van der Waals surface area contributed by atoms with Crippen LogP contribution in [0.1, 0.15) is 66.5 Å². The van der Waals surface area contributed by atoms with Gasteiger partial charge in [0.1, 0.15) is 18.5 Å². The lowest BCUT2D eigenvalue weighted by atomic mass is 9.78. The van der Waals surface area contributed by atoms with Gasteiger partial charge >= 0.3 is 11.9 Å². The zero-order valence-corrected chi connectivity index (χ0v) is 25.3. The van der Waals surface area contributed by atoms with E-state index in [2.05, 4.69) is 10.1 Å². The highest BCUT2D eigenvalue weighted by Gasteiger charge is 2.48. The van der Waals surface area contributed by atoms with Crippen molar-refractivity contribution in [1.82, 2.24) is 14.8 Å². The second-order valence-corrected chi connectivity index (χ2v) is 11.7. The first-order valence-corrected chi connectivity index (χ1v) is 15.4. The monoisotopic (exact) mass is 628 g/mol. The molecular formula is C35H37FN4O6. The van der Waals surface area contributed by atoms with Crippen molar-refractivity contribution in [1.29, 1.82) is 0 Å². The lowest BCUT2D eigenvalue weighted by Gasteiger charge is -2.48. The van der Waals surface area contributed by atoms with E-state index in [1.54, 1.807) is 28.0 Å². The summed E-state index contributed by atoms with van der Waals surface area (Å²) in [5.74, 6) is -4.89. The Morgan fingerprint density at radius 2 is 1.48 bits per heavy atom. The first-order valence-electron chi connectivity index (χ1n) is 15.4. The average molecular weight is 629 g/mol. The third-order valence-corrected chi connectivity index (χ3v) is 8.63. The van der Waals surface area contributed by atoms with E-state index in [0.29, 0.717) is 31.2 Å². The number of hydrogen-bond acceptors (Lipinski definition) is 6. The molecule has 240 valence electrons. The predicted molar refractivity (Wildman–Crippen MR) is 167 cm³/mol. The van der Waals surface area contributed by atoms with Gasteiger partial charge in [0.2, 0.25) is 5.91 Å². The lowest BCUT2D eigenvalue weighted by molar-refractivity contribution is -0.154. The predicted octanol–water partition coefficient (Wildman–Crippen LogP) is 5.38. The van der Waals surface area contributed by atoms with E-state index in [1.165, 1.54) is 18.5 Å². The summed E-state index contributed by atoms with van der Waals surface area (Å²) in [6, 6.07) is 21.2. The van der Waals surface area contributed by atoms with Crippen LogP contribution in [-0.4, -0.2) is 47.9 Å². The van der Waals surface area contributed by atoms with Crippen LogP contribution in [0.4, 0.5) is 10.1 Å². The summed E-state index contributed by atoms with van der Waals surface area (Å²) < 4.78 is 15.2. The van der Waals surface area contributed by atoms with Crippen LogP contribution in [0.25, 0.3) is 0 Å². The van der Waals surface area contributed by atoms with Gasteiger partial charge in [0.05, 0.1) is 18.1 Å². The quantitative estimate of drug-likeness (QED) is 0.111. The van der Waals surface area contributed by atoms with Crippen molar-refractivity contribution in [3.8, 4) is 0 Å². The molecule has 0 aliphatic carbocycles. The topological polar surface area (TPSA) is 146 Å². The zero-order chi connectivity index (χ0) is 32.6. The summed E-state index contributed by atoms with van der Waals surface area (Å²) in [4.78, 5) is 41.7. The number of carbonyl (C=O) groups excluding carboxylic acids is 1. The van der Waals surface area contributed by atoms with Crippen LogP contribution < -0.4 is 4.90 Å². The molecule has 0 bridgehead atoms. The number of rotatable bonds is 16. The summed E-state index contributed by atoms with van der Waals surface area (Å²) in [5.41, 5.74) is 4.38. The van der Waals surface area contributed by atoms with E-state index < -0.39 is 24.0 Å². The maximum absolute atomic E-state index is 13.6. The van der Waals surface area contributed by atoms with E-state index in [9.17, 15) is 23.9 Å². The van der Waals surface area contributed by atoms with Crippen molar-refractivity contribution >= 4 is 23.5 Å². The van der Waals surface area contributed by atoms with Gasteiger partial charge in [0, 0.05) is 12.2 Å². The number of hydrogen-bond donors (Lipinski definition) is 3. The first kappa shape index (κ1) is 32.5. The van der Waals surface area contributed by atoms with E-state index in [-0.39, 0.29) is 30.1 Å². The highest BCUT2D eigenvalue weighted by atomic mass is 19.1. The number of anilines is 1. The maximum Gasteiger partial charge on any atom is 0.317 e. The Morgan fingerprint density at radius 1 is 0.848 bits per heavy atom. The number of β-lactam (4-membered cyclic amide) rings is 1. The van der Waals surface area contributed by atoms with Gasteiger partial charge < -0.3 is 20.2 Å². The van der Waals surface area contributed by atoms with Crippen molar-refractivity contribution in [2.45, 2.75) is 63.6 Å². The fraction of sp³-hybridized carbons (Fsp3) is 0.343. The van der Waals surface area contributed by atoms with Gasteiger partial charge in [-0.05, 0) is 91.5 Å². The summed E-state index contributed by atoms with van der Waals surface area (Å²) in [6.07, 6.45) is 5.86. The minimum atomic E-state index is -1.43. The van der Waals surface area contributed by atoms with E-state index >= 15 is 0 Å². The number of aromatic nitrogens is 3. The molecule has 11 heteroatoms. The van der Waals surface area contributed by atoms with Gasteiger partial charge in [-0.25, -0.2) is 9.37 Å². The molecule has 3 N–H and O–H groups in total. The van der Waals surface area contributed by atoms with Crippen molar-refractivity contribution in [3.63, 3.8) is 0 Å². The largest absolute Gasteiger partial charge is 0.481 e. The number of aryl methyl sites for hydroxylation is 3. The fourth-order valence-electron chi connectivity index (χ4n) is 6.05. The molecule has 46 heavy (non-hydrogen) atoms. The van der Waals surface area contributed by atoms with E-state index in [0.717, 1.165) is 41.8 Å². The van der Waals surface area contributed by atoms with Gasteiger partial charge in [0.15, 0.2) is 5.92 Å². The molecule has 2 heterocycles. The highest BCUT2D eigenvalue weighted by Crippen LogP contribution is 2.46. The molecule has 0 spiro atoms. The molecule has 10 nitrogen and oxygen atoms in total. The van der Waals surface area contributed by atoms with Crippen LogP contribution >= 0.6 is 0 Å². The number of carboxylic acid groups (broad SMARTS) is 2. The summed E-state index contributed by atoms with van der Waals surface area (Å²) >= 11 is 0. The molecule has 1 fully saturated rings. The highest BCUT2D eigenvalue weighted by molar-refractivity contribution is 6.03. The van der Waals surface area contributed by atoms with Gasteiger partial charge in [-0.3, -0.25) is 19.1 Å². The van der Waals surface area contributed by atoms with E-state index in [1.807, 2.05) is 48.5 Å². The molecule has 0 radical (unpaired) electrons. The van der Waals surface area contributed by atoms with Crippen LogP contribution in [-0.2, 0) is 33.8 Å². The molecule has 3 atom stereocenters. The summed E-state index contributed by atoms with van der Waals surface area (Å²) in [7, 11) is 0. The Hall–Kier alpha value is -4.90. The molecule has 5 rings (SSSR count). The molecule has 1 aliphatic rings. The standard InChI is InChI=1S/C35H37FN4O6/c36-27-14-12-25(13-15-27)31(41)19-18-29-32(26-10-6-23(7-11-26)3-1-5-30(34(43)44)35(45)46)40(33(29)42)28-16-8-24(9-17-28)4-2-20-39-22-37-21-38-39/h6-17,21-22,29-32,41H,1-5,18-20H2,(H,43,44)(H,45,46)/t29-,31+,32-/m1/s1. The van der Waals surface area contributed by atoms with Crippen LogP contribution in [0.2, 0.25) is 0 Å². The number of aliphatic hydroxyl groups is 1. The van der Waals surface area contributed by atoms with Gasteiger partial charge in [-0.1, -0.05) is 48.5 Å². The third kappa shape index (κ3) is 7.84. The summed E-state index contributed by atoms with van der Waals surface area (Å²) in [6.45, 7) is 0.760. The molecular weight excluding hydrogens is 591 g/mol.